The average Bonchev–Trinajstić information content (AvgIpc) is 2.55. The van der Waals surface area contributed by atoms with Crippen molar-refractivity contribution in [2.45, 2.75) is 19.4 Å². The number of ether oxygens (including phenoxy) is 1. The Hall–Kier alpha value is -2.76. The maximum Gasteiger partial charge on any atom is 0.340 e. The van der Waals surface area contributed by atoms with Crippen LogP contribution in [-0.4, -0.2) is 23.0 Å². The summed E-state index contributed by atoms with van der Waals surface area (Å²) >= 11 is 0. The smallest absolute Gasteiger partial charge is 0.340 e. The first kappa shape index (κ1) is 15.6. The first-order chi connectivity index (χ1) is 10.6. The zero-order valence-electron chi connectivity index (χ0n) is 12.0. The molecule has 1 atom stereocenters. The van der Waals surface area contributed by atoms with Gasteiger partial charge in [0.15, 0.2) is 6.10 Å². The van der Waals surface area contributed by atoms with Crippen LogP contribution in [0.5, 0.6) is 0 Å². The third-order valence-electron chi connectivity index (χ3n) is 2.92. The molecule has 1 aromatic carbocycles. The number of carbonyl (C=O) groups is 2. The third kappa shape index (κ3) is 4.12. The van der Waals surface area contributed by atoms with Crippen LogP contribution >= 0.6 is 0 Å². The number of pyridine rings is 1. The summed E-state index contributed by atoms with van der Waals surface area (Å²) < 4.78 is 18.0. The van der Waals surface area contributed by atoms with E-state index < -0.39 is 23.8 Å². The van der Waals surface area contributed by atoms with E-state index in [2.05, 4.69) is 10.3 Å². The molecule has 1 unspecified atom stereocenters. The number of hydrogen-bond donors (Lipinski definition) is 1. The SMILES string of the molecule is CCC(OC(=O)c1cccnc1)C(=O)Nc1ccc(F)cc1. The number of rotatable bonds is 5. The molecule has 5 nitrogen and oxygen atoms in total. The molecule has 0 aliphatic heterocycles. The fourth-order valence-corrected chi connectivity index (χ4v) is 1.76. The Labute approximate surface area is 127 Å². The van der Waals surface area contributed by atoms with Crippen molar-refractivity contribution in [3.8, 4) is 0 Å². The van der Waals surface area contributed by atoms with E-state index in [1.165, 1.54) is 36.7 Å². The number of carbonyl (C=O) groups excluding carboxylic acids is 2. The Bertz CT molecular complexity index is 644. The van der Waals surface area contributed by atoms with E-state index in [0.717, 1.165) is 0 Å². The second kappa shape index (κ2) is 7.31. The molecule has 114 valence electrons. The highest BCUT2D eigenvalue weighted by Gasteiger charge is 2.22. The van der Waals surface area contributed by atoms with E-state index in [0.29, 0.717) is 12.1 Å². The van der Waals surface area contributed by atoms with Gasteiger partial charge in [-0.2, -0.15) is 0 Å². The number of benzene rings is 1. The van der Waals surface area contributed by atoms with Crippen molar-refractivity contribution in [1.29, 1.82) is 0 Å². The van der Waals surface area contributed by atoms with Gasteiger partial charge in [0.05, 0.1) is 5.56 Å². The third-order valence-corrected chi connectivity index (χ3v) is 2.92. The van der Waals surface area contributed by atoms with Gasteiger partial charge < -0.3 is 10.1 Å². The van der Waals surface area contributed by atoms with Crippen LogP contribution < -0.4 is 5.32 Å². The number of nitrogens with one attached hydrogen (secondary N) is 1. The first-order valence-corrected chi connectivity index (χ1v) is 6.77. The monoisotopic (exact) mass is 302 g/mol. The predicted molar refractivity (Wildman–Crippen MR) is 78.8 cm³/mol. The number of anilines is 1. The molecule has 0 bridgehead atoms. The lowest BCUT2D eigenvalue weighted by Crippen LogP contribution is -2.32. The molecule has 0 saturated heterocycles. The van der Waals surface area contributed by atoms with Gasteiger partial charge >= 0.3 is 5.97 Å². The van der Waals surface area contributed by atoms with Crippen LogP contribution in [0.4, 0.5) is 10.1 Å². The van der Waals surface area contributed by atoms with Crippen LogP contribution in [0, 0.1) is 5.82 Å². The molecule has 0 fully saturated rings. The minimum Gasteiger partial charge on any atom is -0.449 e. The maximum atomic E-state index is 12.8. The molecule has 1 aromatic heterocycles. The number of hydrogen-bond acceptors (Lipinski definition) is 4. The van der Waals surface area contributed by atoms with Gasteiger partial charge in [0.25, 0.3) is 5.91 Å². The lowest BCUT2D eigenvalue weighted by molar-refractivity contribution is -0.124. The summed E-state index contributed by atoms with van der Waals surface area (Å²) in [6.45, 7) is 1.73. The zero-order chi connectivity index (χ0) is 15.9. The van der Waals surface area contributed by atoms with Gasteiger partial charge in [0.1, 0.15) is 5.82 Å². The summed E-state index contributed by atoms with van der Waals surface area (Å²) in [7, 11) is 0. The molecule has 0 aliphatic rings. The molecule has 22 heavy (non-hydrogen) atoms. The largest absolute Gasteiger partial charge is 0.449 e. The van der Waals surface area contributed by atoms with Crippen molar-refractivity contribution in [3.63, 3.8) is 0 Å². The van der Waals surface area contributed by atoms with E-state index in [-0.39, 0.29) is 5.56 Å². The van der Waals surface area contributed by atoms with E-state index in [1.807, 2.05) is 0 Å². The Balaban J connectivity index is 2.00. The van der Waals surface area contributed by atoms with E-state index in [4.69, 9.17) is 4.74 Å². The molecule has 1 heterocycles. The van der Waals surface area contributed by atoms with Crippen LogP contribution in [0.3, 0.4) is 0 Å². The van der Waals surface area contributed by atoms with Crippen molar-refractivity contribution in [2.24, 2.45) is 0 Å². The molecule has 0 spiro atoms. The summed E-state index contributed by atoms with van der Waals surface area (Å²) in [6.07, 6.45) is 2.29. The standard InChI is InChI=1S/C16H15FN2O3/c1-2-14(22-16(21)11-4-3-9-18-10-11)15(20)19-13-7-5-12(17)6-8-13/h3-10,14H,2H2,1H3,(H,19,20). The second-order valence-electron chi connectivity index (χ2n) is 4.54. The van der Waals surface area contributed by atoms with Gasteiger partial charge in [-0.1, -0.05) is 6.92 Å². The lowest BCUT2D eigenvalue weighted by atomic mass is 10.2. The van der Waals surface area contributed by atoms with Crippen molar-refractivity contribution in [3.05, 3.63) is 60.2 Å². The normalized spacial score (nSPS) is 11.5. The minimum atomic E-state index is -0.933. The Morgan fingerprint density at radius 3 is 2.59 bits per heavy atom. The average molecular weight is 302 g/mol. The summed E-state index contributed by atoms with van der Waals surface area (Å²) in [5.41, 5.74) is 0.706. The Morgan fingerprint density at radius 1 is 1.27 bits per heavy atom. The van der Waals surface area contributed by atoms with Gasteiger partial charge in [-0.3, -0.25) is 9.78 Å². The minimum absolute atomic E-state index is 0.274. The van der Waals surface area contributed by atoms with E-state index in [1.54, 1.807) is 19.1 Å². The Kier molecular flexibility index (Phi) is 5.19. The quantitative estimate of drug-likeness (QED) is 0.862. The molecular formula is C16H15FN2O3. The van der Waals surface area contributed by atoms with Gasteiger partial charge in [0.2, 0.25) is 0 Å². The predicted octanol–water partition coefficient (Wildman–Crippen LogP) is 2.79. The summed E-state index contributed by atoms with van der Waals surface area (Å²) in [5, 5.41) is 2.58. The van der Waals surface area contributed by atoms with Crippen molar-refractivity contribution in [1.82, 2.24) is 4.98 Å². The van der Waals surface area contributed by atoms with E-state index >= 15 is 0 Å². The first-order valence-electron chi connectivity index (χ1n) is 6.77. The number of esters is 1. The molecule has 0 radical (unpaired) electrons. The van der Waals surface area contributed by atoms with Gasteiger partial charge in [-0.05, 0) is 42.8 Å². The molecule has 0 aliphatic carbocycles. The van der Waals surface area contributed by atoms with Crippen molar-refractivity contribution >= 4 is 17.6 Å². The van der Waals surface area contributed by atoms with Gasteiger partial charge in [-0.15, -0.1) is 0 Å². The molecular weight excluding hydrogens is 287 g/mol. The zero-order valence-corrected chi connectivity index (χ0v) is 12.0. The highest BCUT2D eigenvalue weighted by Crippen LogP contribution is 2.11. The molecule has 6 heteroatoms. The van der Waals surface area contributed by atoms with Crippen LogP contribution in [0.1, 0.15) is 23.7 Å². The van der Waals surface area contributed by atoms with Crippen molar-refractivity contribution < 1.29 is 18.7 Å². The molecule has 2 rings (SSSR count). The summed E-state index contributed by atoms with van der Waals surface area (Å²) in [4.78, 5) is 27.8. The topological polar surface area (TPSA) is 68.3 Å². The Morgan fingerprint density at radius 2 is 2.00 bits per heavy atom. The molecule has 1 N–H and O–H groups in total. The van der Waals surface area contributed by atoms with Crippen LogP contribution in [-0.2, 0) is 9.53 Å². The van der Waals surface area contributed by atoms with Crippen LogP contribution in [0.2, 0.25) is 0 Å². The number of aromatic nitrogens is 1. The van der Waals surface area contributed by atoms with Crippen LogP contribution in [0.25, 0.3) is 0 Å². The van der Waals surface area contributed by atoms with Crippen LogP contribution in [0.15, 0.2) is 48.8 Å². The highest BCUT2D eigenvalue weighted by molar-refractivity contribution is 5.97. The second-order valence-corrected chi connectivity index (χ2v) is 4.54. The maximum absolute atomic E-state index is 12.8. The number of nitrogens with zero attached hydrogens (tertiary/aromatic N) is 1. The lowest BCUT2D eigenvalue weighted by Gasteiger charge is -2.16. The van der Waals surface area contributed by atoms with Gasteiger partial charge in [-0.25, -0.2) is 9.18 Å². The van der Waals surface area contributed by atoms with E-state index in [9.17, 15) is 14.0 Å². The molecule has 2 aromatic rings. The van der Waals surface area contributed by atoms with Gasteiger partial charge in [0, 0.05) is 18.1 Å². The highest BCUT2D eigenvalue weighted by atomic mass is 19.1. The fourth-order valence-electron chi connectivity index (χ4n) is 1.76. The molecule has 1 amide bonds. The summed E-state index contributed by atoms with van der Waals surface area (Å²) in [6, 6.07) is 8.50. The fraction of sp³-hybridized carbons (Fsp3) is 0.188. The summed E-state index contributed by atoms with van der Waals surface area (Å²) in [5.74, 6) is -1.48. The number of halogens is 1. The number of amides is 1. The van der Waals surface area contributed by atoms with Crippen molar-refractivity contribution in [2.75, 3.05) is 5.32 Å². The molecule has 0 saturated carbocycles.